The highest BCUT2D eigenvalue weighted by Gasteiger charge is 2.30. The number of piperidine rings is 1. The molecule has 0 radical (unpaired) electrons. The van der Waals surface area contributed by atoms with Crippen LogP contribution in [0.15, 0.2) is 61.2 Å². The van der Waals surface area contributed by atoms with Crippen LogP contribution >= 0.6 is 0 Å². The van der Waals surface area contributed by atoms with E-state index in [1.54, 1.807) is 12.5 Å². The van der Waals surface area contributed by atoms with E-state index in [4.69, 9.17) is 0 Å². The fraction of sp³-hybridized carbons (Fsp3) is 0.333. The summed E-state index contributed by atoms with van der Waals surface area (Å²) in [5, 5.41) is 8.68. The van der Waals surface area contributed by atoms with E-state index in [2.05, 4.69) is 20.1 Å². The van der Waals surface area contributed by atoms with Crippen LogP contribution in [-0.2, 0) is 4.79 Å². The van der Waals surface area contributed by atoms with Gasteiger partial charge in [-0.15, -0.1) is 10.2 Å². The molecule has 3 heterocycles. The summed E-state index contributed by atoms with van der Waals surface area (Å²) in [5.74, 6) is 1.68. The third-order valence-corrected chi connectivity index (χ3v) is 5.15. The molecular formula is C21H24N6O. The van der Waals surface area contributed by atoms with Gasteiger partial charge in [0, 0.05) is 37.7 Å². The van der Waals surface area contributed by atoms with Crippen molar-refractivity contribution in [3.63, 3.8) is 0 Å². The SMILES string of the molecule is CCN(C(=O)C1CCCN(c2ccc(-n3ccnc3)nn2)C1)c1ccccc1. The molecule has 0 aliphatic carbocycles. The molecule has 0 saturated carbocycles. The molecule has 1 aliphatic heterocycles. The van der Waals surface area contributed by atoms with Crippen molar-refractivity contribution < 1.29 is 4.79 Å². The number of aromatic nitrogens is 4. The van der Waals surface area contributed by atoms with Crippen molar-refractivity contribution in [3.8, 4) is 5.82 Å². The first-order valence-corrected chi connectivity index (χ1v) is 9.69. The molecule has 1 fully saturated rings. The predicted molar refractivity (Wildman–Crippen MR) is 109 cm³/mol. The van der Waals surface area contributed by atoms with Gasteiger partial charge in [0.1, 0.15) is 6.33 Å². The maximum Gasteiger partial charge on any atom is 0.231 e. The van der Waals surface area contributed by atoms with Crippen molar-refractivity contribution >= 4 is 17.4 Å². The minimum atomic E-state index is -0.0379. The van der Waals surface area contributed by atoms with Crippen LogP contribution in [0.3, 0.4) is 0 Å². The third-order valence-electron chi connectivity index (χ3n) is 5.15. The highest BCUT2D eigenvalue weighted by Crippen LogP contribution is 2.25. The van der Waals surface area contributed by atoms with Gasteiger partial charge in [-0.1, -0.05) is 18.2 Å². The van der Waals surface area contributed by atoms with Gasteiger partial charge in [0.15, 0.2) is 11.6 Å². The number of rotatable bonds is 5. The quantitative estimate of drug-likeness (QED) is 0.685. The number of nitrogens with zero attached hydrogens (tertiary/aromatic N) is 6. The van der Waals surface area contributed by atoms with Crippen LogP contribution in [0.4, 0.5) is 11.5 Å². The number of para-hydroxylation sites is 1. The Morgan fingerprint density at radius 1 is 1.14 bits per heavy atom. The Morgan fingerprint density at radius 3 is 2.61 bits per heavy atom. The van der Waals surface area contributed by atoms with Crippen molar-refractivity contribution in [2.45, 2.75) is 19.8 Å². The molecule has 1 amide bonds. The fourth-order valence-electron chi connectivity index (χ4n) is 3.70. The number of benzene rings is 1. The molecule has 7 heteroatoms. The number of anilines is 2. The Balaban J connectivity index is 1.47. The topological polar surface area (TPSA) is 67.2 Å². The van der Waals surface area contributed by atoms with E-state index in [1.807, 2.05) is 65.1 Å². The molecule has 4 rings (SSSR count). The van der Waals surface area contributed by atoms with Crippen molar-refractivity contribution in [1.82, 2.24) is 19.7 Å². The minimum Gasteiger partial charge on any atom is -0.354 e. The van der Waals surface area contributed by atoms with Crippen molar-refractivity contribution in [1.29, 1.82) is 0 Å². The molecule has 2 aromatic heterocycles. The Bertz CT molecular complexity index is 894. The first-order valence-electron chi connectivity index (χ1n) is 9.69. The van der Waals surface area contributed by atoms with Gasteiger partial charge in [0.05, 0.1) is 5.92 Å². The molecule has 7 nitrogen and oxygen atoms in total. The van der Waals surface area contributed by atoms with Crippen LogP contribution in [0.5, 0.6) is 0 Å². The van der Waals surface area contributed by atoms with Crippen LogP contribution in [0, 0.1) is 5.92 Å². The zero-order valence-electron chi connectivity index (χ0n) is 16.0. The average molecular weight is 376 g/mol. The van der Waals surface area contributed by atoms with E-state index in [0.717, 1.165) is 36.7 Å². The number of hydrogen-bond acceptors (Lipinski definition) is 5. The molecule has 0 bridgehead atoms. The number of amides is 1. The summed E-state index contributed by atoms with van der Waals surface area (Å²) in [7, 11) is 0. The summed E-state index contributed by atoms with van der Waals surface area (Å²) < 4.78 is 1.82. The van der Waals surface area contributed by atoms with Gasteiger partial charge in [-0.2, -0.15) is 0 Å². The molecule has 144 valence electrons. The predicted octanol–water partition coefficient (Wildman–Crippen LogP) is 2.93. The first kappa shape index (κ1) is 18.2. The molecule has 1 aliphatic rings. The van der Waals surface area contributed by atoms with Gasteiger partial charge in [0.2, 0.25) is 5.91 Å². The number of carbonyl (C=O) groups is 1. The maximum absolute atomic E-state index is 13.2. The third kappa shape index (κ3) is 3.74. The van der Waals surface area contributed by atoms with Crippen molar-refractivity contribution in [3.05, 3.63) is 61.2 Å². The van der Waals surface area contributed by atoms with E-state index in [1.165, 1.54) is 0 Å². The lowest BCUT2D eigenvalue weighted by atomic mass is 9.96. The molecular weight excluding hydrogens is 352 g/mol. The second kappa shape index (κ2) is 8.21. The second-order valence-electron chi connectivity index (χ2n) is 6.92. The molecule has 0 N–H and O–H groups in total. The molecule has 1 saturated heterocycles. The minimum absolute atomic E-state index is 0.0379. The standard InChI is InChI=1S/C21H24N6O/c1-2-27(18-8-4-3-5-9-18)21(28)17-7-6-13-25(15-17)19-10-11-20(24-23-19)26-14-12-22-16-26/h3-5,8-12,14,16-17H,2,6-7,13,15H2,1H3. The normalized spacial score (nSPS) is 16.8. The molecule has 1 aromatic carbocycles. The Labute approximate surface area is 164 Å². The molecule has 1 unspecified atom stereocenters. The Morgan fingerprint density at radius 2 is 1.93 bits per heavy atom. The zero-order valence-corrected chi connectivity index (χ0v) is 16.0. The van der Waals surface area contributed by atoms with Gasteiger partial charge in [-0.3, -0.25) is 9.36 Å². The summed E-state index contributed by atoms with van der Waals surface area (Å²) in [6, 6.07) is 13.8. The van der Waals surface area contributed by atoms with Gasteiger partial charge in [-0.25, -0.2) is 4.98 Å². The van der Waals surface area contributed by atoms with Gasteiger partial charge >= 0.3 is 0 Å². The number of hydrogen-bond donors (Lipinski definition) is 0. The molecule has 28 heavy (non-hydrogen) atoms. The molecule has 1 atom stereocenters. The maximum atomic E-state index is 13.2. The summed E-state index contributed by atoms with van der Waals surface area (Å²) in [5.41, 5.74) is 0.955. The summed E-state index contributed by atoms with van der Waals surface area (Å²) >= 11 is 0. The van der Waals surface area contributed by atoms with E-state index >= 15 is 0 Å². The lowest BCUT2D eigenvalue weighted by Gasteiger charge is -2.35. The zero-order chi connectivity index (χ0) is 19.3. The van der Waals surface area contributed by atoms with Crippen LogP contribution in [0.1, 0.15) is 19.8 Å². The smallest absolute Gasteiger partial charge is 0.231 e. The Hall–Kier alpha value is -3.22. The Kier molecular flexibility index (Phi) is 5.32. The summed E-state index contributed by atoms with van der Waals surface area (Å²) in [4.78, 5) is 21.2. The first-order chi connectivity index (χ1) is 13.8. The monoisotopic (exact) mass is 376 g/mol. The van der Waals surface area contributed by atoms with E-state index in [9.17, 15) is 4.79 Å². The van der Waals surface area contributed by atoms with Crippen LogP contribution < -0.4 is 9.80 Å². The van der Waals surface area contributed by atoms with Gasteiger partial charge in [-0.05, 0) is 44.0 Å². The van der Waals surface area contributed by atoms with Gasteiger partial charge in [0.25, 0.3) is 0 Å². The van der Waals surface area contributed by atoms with Crippen molar-refractivity contribution in [2.24, 2.45) is 5.92 Å². The largest absolute Gasteiger partial charge is 0.354 e. The van der Waals surface area contributed by atoms with Crippen LogP contribution in [0.25, 0.3) is 5.82 Å². The summed E-state index contributed by atoms with van der Waals surface area (Å²) in [6.45, 7) is 4.24. The fourth-order valence-corrected chi connectivity index (χ4v) is 3.70. The van der Waals surface area contributed by atoms with E-state index < -0.39 is 0 Å². The second-order valence-corrected chi connectivity index (χ2v) is 6.92. The van der Waals surface area contributed by atoms with E-state index in [-0.39, 0.29) is 11.8 Å². The van der Waals surface area contributed by atoms with Crippen LogP contribution in [0.2, 0.25) is 0 Å². The lowest BCUT2D eigenvalue weighted by Crippen LogP contribution is -2.45. The molecule has 3 aromatic rings. The van der Waals surface area contributed by atoms with Crippen molar-refractivity contribution in [2.75, 3.05) is 29.4 Å². The van der Waals surface area contributed by atoms with Gasteiger partial charge < -0.3 is 9.80 Å². The average Bonchev–Trinajstić information content (AvgIpc) is 3.30. The summed E-state index contributed by atoms with van der Waals surface area (Å²) in [6.07, 6.45) is 7.11. The van der Waals surface area contributed by atoms with E-state index in [0.29, 0.717) is 13.1 Å². The highest BCUT2D eigenvalue weighted by molar-refractivity contribution is 5.95. The molecule has 0 spiro atoms. The van der Waals surface area contributed by atoms with Crippen LogP contribution in [-0.4, -0.2) is 45.3 Å². The highest BCUT2D eigenvalue weighted by atomic mass is 16.2. The number of imidazole rings is 1. The lowest BCUT2D eigenvalue weighted by molar-refractivity contribution is -0.122. The number of carbonyl (C=O) groups excluding carboxylic acids is 1.